The van der Waals surface area contributed by atoms with E-state index in [0.29, 0.717) is 11.3 Å². The van der Waals surface area contributed by atoms with Crippen LogP contribution in [-0.2, 0) is 15.0 Å². The molecular formula is C27H24F2N2O4. The van der Waals surface area contributed by atoms with E-state index in [0.717, 1.165) is 28.7 Å². The van der Waals surface area contributed by atoms with Crippen LogP contribution in [0, 0.1) is 11.6 Å². The van der Waals surface area contributed by atoms with Gasteiger partial charge in [0.1, 0.15) is 23.1 Å². The second-order valence-corrected chi connectivity index (χ2v) is 9.21. The molecule has 2 aromatic carbocycles. The first-order valence-electron chi connectivity index (χ1n) is 10.9. The van der Waals surface area contributed by atoms with Crippen LogP contribution >= 0.6 is 0 Å². The smallest absolute Gasteiger partial charge is 0.300 e. The maximum Gasteiger partial charge on any atom is 0.300 e. The van der Waals surface area contributed by atoms with Crippen LogP contribution in [0.25, 0.3) is 5.76 Å². The first kappa shape index (κ1) is 24.1. The average Bonchev–Trinajstić information content (AvgIpc) is 3.10. The Hall–Kier alpha value is -4.07. The Bertz CT molecular complexity index is 1350. The van der Waals surface area contributed by atoms with Gasteiger partial charge in [0.25, 0.3) is 11.7 Å². The Labute approximate surface area is 201 Å². The van der Waals surface area contributed by atoms with Gasteiger partial charge in [-0.3, -0.25) is 19.5 Å². The number of rotatable bonds is 4. The Morgan fingerprint density at radius 1 is 1.03 bits per heavy atom. The minimum absolute atomic E-state index is 0.241. The zero-order valence-electron chi connectivity index (χ0n) is 19.7. The predicted molar refractivity (Wildman–Crippen MR) is 127 cm³/mol. The molecule has 1 aliphatic heterocycles. The zero-order valence-corrected chi connectivity index (χ0v) is 19.7. The predicted octanol–water partition coefficient (Wildman–Crippen LogP) is 5.29. The molecule has 1 amide bonds. The lowest BCUT2D eigenvalue weighted by molar-refractivity contribution is -0.132. The molecule has 6 nitrogen and oxygen atoms in total. The first-order chi connectivity index (χ1) is 16.5. The van der Waals surface area contributed by atoms with E-state index in [4.69, 9.17) is 4.74 Å². The molecule has 1 aromatic heterocycles. The Morgan fingerprint density at radius 3 is 2.34 bits per heavy atom. The van der Waals surface area contributed by atoms with Gasteiger partial charge in [0.2, 0.25) is 0 Å². The molecule has 0 radical (unpaired) electrons. The van der Waals surface area contributed by atoms with Crippen LogP contribution in [0.3, 0.4) is 0 Å². The minimum atomic E-state index is -1.20. The van der Waals surface area contributed by atoms with Crippen molar-refractivity contribution in [1.82, 2.24) is 4.98 Å². The molecule has 0 saturated carbocycles. The SMILES string of the molecule is COc1ccc(/C(O)=C2/C(=O)C(=O)N(c3cc(F)ccc3F)C2c2ccncc2)cc1C(C)(C)C. The van der Waals surface area contributed by atoms with Crippen LogP contribution in [-0.4, -0.2) is 28.9 Å². The minimum Gasteiger partial charge on any atom is -0.507 e. The third-order valence-corrected chi connectivity index (χ3v) is 5.91. The van der Waals surface area contributed by atoms with Gasteiger partial charge in [0.05, 0.1) is 24.4 Å². The van der Waals surface area contributed by atoms with Gasteiger partial charge in [-0.2, -0.15) is 0 Å². The molecule has 35 heavy (non-hydrogen) atoms. The van der Waals surface area contributed by atoms with Crippen LogP contribution < -0.4 is 9.64 Å². The van der Waals surface area contributed by atoms with Crippen LogP contribution in [0.1, 0.15) is 43.5 Å². The number of carbonyl (C=O) groups is 2. The largest absolute Gasteiger partial charge is 0.507 e. The maximum absolute atomic E-state index is 14.8. The molecule has 1 saturated heterocycles. The zero-order chi connectivity index (χ0) is 25.5. The van der Waals surface area contributed by atoms with E-state index in [-0.39, 0.29) is 16.6 Å². The Kier molecular flexibility index (Phi) is 6.15. The van der Waals surface area contributed by atoms with Crippen molar-refractivity contribution in [2.45, 2.75) is 32.2 Å². The van der Waals surface area contributed by atoms with Gasteiger partial charge in [0.15, 0.2) is 0 Å². The number of carbonyl (C=O) groups excluding carboxylic acids is 2. The van der Waals surface area contributed by atoms with Crippen molar-refractivity contribution >= 4 is 23.1 Å². The third-order valence-electron chi connectivity index (χ3n) is 5.91. The van der Waals surface area contributed by atoms with Crippen LogP contribution in [0.15, 0.2) is 66.5 Å². The number of benzene rings is 2. The van der Waals surface area contributed by atoms with Gasteiger partial charge >= 0.3 is 0 Å². The number of ketones is 1. The summed E-state index contributed by atoms with van der Waals surface area (Å²) in [7, 11) is 1.53. The first-order valence-corrected chi connectivity index (χ1v) is 10.9. The van der Waals surface area contributed by atoms with E-state index in [1.54, 1.807) is 30.3 Å². The lowest BCUT2D eigenvalue weighted by Crippen LogP contribution is -2.30. The van der Waals surface area contributed by atoms with Gasteiger partial charge < -0.3 is 9.84 Å². The van der Waals surface area contributed by atoms with Crippen LogP contribution in [0.2, 0.25) is 0 Å². The van der Waals surface area contributed by atoms with Crippen molar-refractivity contribution in [2.75, 3.05) is 12.0 Å². The molecule has 1 aliphatic rings. The van der Waals surface area contributed by atoms with Crippen LogP contribution in [0.4, 0.5) is 14.5 Å². The lowest BCUT2D eigenvalue weighted by atomic mass is 9.84. The van der Waals surface area contributed by atoms with E-state index in [9.17, 15) is 23.5 Å². The van der Waals surface area contributed by atoms with Gasteiger partial charge in [-0.15, -0.1) is 0 Å². The molecule has 1 N–H and O–H groups in total. The number of anilines is 1. The monoisotopic (exact) mass is 478 g/mol. The van der Waals surface area contributed by atoms with E-state index < -0.39 is 40.8 Å². The van der Waals surface area contributed by atoms with Gasteiger partial charge in [-0.25, -0.2) is 8.78 Å². The number of nitrogens with zero attached hydrogens (tertiary/aromatic N) is 2. The number of aliphatic hydroxyl groups is 1. The standard InChI is InChI=1S/C27H24F2N2O4/c1-27(2,3)18-13-16(5-8-21(18)35-4)24(32)22-23(15-9-11-30-12-10-15)31(26(34)25(22)33)20-14-17(28)6-7-19(20)29/h5-14,23,32H,1-4H3/b24-22-. The van der Waals surface area contributed by atoms with Gasteiger partial charge in [-0.05, 0) is 53.4 Å². The van der Waals surface area contributed by atoms with E-state index in [1.807, 2.05) is 20.8 Å². The fourth-order valence-corrected chi connectivity index (χ4v) is 4.21. The number of amides is 1. The molecule has 4 rings (SSSR count). The van der Waals surface area contributed by atoms with Crippen molar-refractivity contribution in [3.05, 3.63) is 94.8 Å². The second kappa shape index (κ2) is 8.94. The molecular weight excluding hydrogens is 454 g/mol. The summed E-state index contributed by atoms with van der Waals surface area (Å²) in [4.78, 5) is 31.2. The number of Topliss-reactive ketones (excluding diaryl/α,β-unsaturated/α-hetero) is 1. The summed E-state index contributed by atoms with van der Waals surface area (Å²) in [6.45, 7) is 5.91. The summed E-state index contributed by atoms with van der Waals surface area (Å²) < 4.78 is 34.2. The van der Waals surface area contributed by atoms with Gasteiger partial charge in [0, 0.05) is 29.6 Å². The summed E-state index contributed by atoms with van der Waals surface area (Å²) in [5.41, 5.74) is 0.451. The number of hydrogen-bond donors (Lipinski definition) is 1. The molecule has 0 aliphatic carbocycles. The number of pyridine rings is 1. The number of ether oxygens (including phenoxy) is 1. The molecule has 180 valence electrons. The quantitative estimate of drug-likeness (QED) is 0.313. The number of aromatic nitrogens is 1. The molecule has 8 heteroatoms. The molecule has 1 unspecified atom stereocenters. The van der Waals surface area contributed by atoms with Crippen molar-refractivity contribution in [3.63, 3.8) is 0 Å². The highest BCUT2D eigenvalue weighted by Gasteiger charge is 2.48. The third kappa shape index (κ3) is 4.27. The molecule has 1 fully saturated rings. The maximum atomic E-state index is 14.8. The molecule has 2 heterocycles. The van der Waals surface area contributed by atoms with Crippen LogP contribution in [0.5, 0.6) is 5.75 Å². The second-order valence-electron chi connectivity index (χ2n) is 9.21. The number of aliphatic hydroxyl groups excluding tert-OH is 1. The van der Waals surface area contributed by atoms with E-state index in [2.05, 4.69) is 4.98 Å². The topological polar surface area (TPSA) is 79.7 Å². The Balaban J connectivity index is 1.98. The summed E-state index contributed by atoms with van der Waals surface area (Å²) in [5, 5.41) is 11.3. The van der Waals surface area contributed by atoms with Crippen molar-refractivity contribution in [1.29, 1.82) is 0 Å². The van der Waals surface area contributed by atoms with E-state index in [1.165, 1.54) is 19.5 Å². The highest BCUT2D eigenvalue weighted by Crippen LogP contribution is 2.43. The molecule has 0 spiro atoms. The molecule has 1 atom stereocenters. The lowest BCUT2D eigenvalue weighted by Gasteiger charge is -2.26. The number of halogens is 2. The normalized spacial score (nSPS) is 17.7. The highest BCUT2D eigenvalue weighted by molar-refractivity contribution is 6.51. The van der Waals surface area contributed by atoms with Crippen molar-refractivity contribution in [3.8, 4) is 5.75 Å². The van der Waals surface area contributed by atoms with Crippen molar-refractivity contribution < 1.29 is 28.2 Å². The molecule has 0 bridgehead atoms. The van der Waals surface area contributed by atoms with Crippen molar-refractivity contribution in [2.24, 2.45) is 0 Å². The summed E-state index contributed by atoms with van der Waals surface area (Å²) in [6, 6.07) is 9.46. The summed E-state index contributed by atoms with van der Waals surface area (Å²) in [6.07, 6.45) is 2.89. The Morgan fingerprint density at radius 2 is 1.71 bits per heavy atom. The fraction of sp³-hybridized carbons (Fsp3) is 0.222. The fourth-order valence-electron chi connectivity index (χ4n) is 4.21. The van der Waals surface area contributed by atoms with E-state index >= 15 is 0 Å². The molecule has 3 aromatic rings. The number of methoxy groups -OCH3 is 1. The average molecular weight is 478 g/mol. The summed E-state index contributed by atoms with van der Waals surface area (Å²) in [5.74, 6) is -3.59. The highest BCUT2D eigenvalue weighted by atomic mass is 19.1. The summed E-state index contributed by atoms with van der Waals surface area (Å²) >= 11 is 0. The van der Waals surface area contributed by atoms with Gasteiger partial charge in [-0.1, -0.05) is 20.8 Å². The number of hydrogen-bond acceptors (Lipinski definition) is 5.